The Labute approximate surface area is 185 Å². The Kier molecular flexibility index (Phi) is 24.4. The van der Waals surface area contributed by atoms with E-state index in [-0.39, 0.29) is 6.10 Å². The largest absolute Gasteiger partial charge is 0.379 e. The average Bonchev–Trinajstić information content (AvgIpc) is 2.74. The second-order valence-electron chi connectivity index (χ2n) is 8.36. The summed E-state index contributed by atoms with van der Waals surface area (Å²) in [6.07, 6.45) is 21.0. The average molecular weight is 433 g/mol. The van der Waals surface area contributed by atoms with Gasteiger partial charge in [0.2, 0.25) is 0 Å². The fourth-order valence-electron chi connectivity index (χ4n) is 3.45. The van der Waals surface area contributed by atoms with Gasteiger partial charge in [0, 0.05) is 35.5 Å². The molecule has 0 aliphatic carbocycles. The first kappa shape index (κ1) is 29.1. The molecule has 0 radical (unpaired) electrons. The summed E-state index contributed by atoms with van der Waals surface area (Å²) in [6, 6.07) is 0. The lowest BCUT2D eigenvalue weighted by atomic mass is 10.0. The van der Waals surface area contributed by atoms with Crippen molar-refractivity contribution in [2.75, 3.05) is 31.3 Å². The monoisotopic (exact) mass is 432 g/mol. The van der Waals surface area contributed by atoms with Crippen LogP contribution in [-0.4, -0.2) is 41.6 Å². The normalized spacial score (nSPS) is 13.6. The van der Waals surface area contributed by atoms with Gasteiger partial charge in [-0.15, -0.1) is 0 Å². The van der Waals surface area contributed by atoms with E-state index in [4.69, 9.17) is 9.47 Å². The second kappa shape index (κ2) is 24.3. The van der Waals surface area contributed by atoms with E-state index in [1.165, 1.54) is 83.5 Å². The van der Waals surface area contributed by atoms with Crippen molar-refractivity contribution < 1.29 is 13.7 Å². The number of rotatable bonds is 24. The quantitative estimate of drug-likeness (QED) is 0.149. The number of hydrogen-bond donors (Lipinski definition) is 0. The lowest BCUT2D eigenvalue weighted by molar-refractivity contribution is -0.0197. The van der Waals surface area contributed by atoms with Crippen LogP contribution in [-0.2, 0) is 20.3 Å². The lowest BCUT2D eigenvalue weighted by Gasteiger charge is -2.16. The van der Waals surface area contributed by atoms with Crippen molar-refractivity contribution in [3.8, 4) is 0 Å². The third-order valence-corrected chi connectivity index (χ3v) is 6.98. The summed E-state index contributed by atoms with van der Waals surface area (Å²) in [6.45, 7) is 8.92. The molecule has 0 aromatic heterocycles. The molecule has 29 heavy (non-hydrogen) atoms. The van der Waals surface area contributed by atoms with Crippen LogP contribution in [0.3, 0.4) is 0 Å². The summed E-state index contributed by atoms with van der Waals surface area (Å²) >= 11 is 0. The second-order valence-corrected chi connectivity index (χ2v) is 10.2. The lowest BCUT2D eigenvalue weighted by Crippen LogP contribution is -2.20. The van der Waals surface area contributed by atoms with Crippen molar-refractivity contribution in [1.82, 2.24) is 0 Å². The van der Waals surface area contributed by atoms with E-state index < -0.39 is 10.8 Å². The molecule has 0 heterocycles. The zero-order chi connectivity index (χ0) is 21.4. The Bertz CT molecular complexity index is 336. The molecule has 0 amide bonds. The molecule has 176 valence electrons. The van der Waals surface area contributed by atoms with Gasteiger partial charge in [0.25, 0.3) is 0 Å². The predicted octanol–water partition coefficient (Wildman–Crippen LogP) is 7.44. The van der Waals surface area contributed by atoms with Crippen LogP contribution in [0.15, 0.2) is 0 Å². The Balaban J connectivity index is 3.17. The van der Waals surface area contributed by atoms with Gasteiger partial charge in [0.1, 0.15) is 0 Å². The fourth-order valence-corrected chi connectivity index (χ4v) is 4.26. The minimum absolute atomic E-state index is 0.285. The van der Waals surface area contributed by atoms with E-state index in [9.17, 15) is 4.21 Å². The highest BCUT2D eigenvalue weighted by molar-refractivity contribution is 7.84. The van der Waals surface area contributed by atoms with E-state index in [0.717, 1.165) is 50.6 Å². The van der Waals surface area contributed by atoms with Crippen LogP contribution < -0.4 is 0 Å². The third kappa shape index (κ3) is 22.6. The summed E-state index contributed by atoms with van der Waals surface area (Å²) in [5.74, 6) is 1.73. The van der Waals surface area contributed by atoms with Crippen LogP contribution in [0.2, 0.25) is 0 Å². The zero-order valence-electron chi connectivity index (χ0n) is 20.1. The zero-order valence-corrected chi connectivity index (χ0v) is 20.9. The molecule has 0 N–H and O–H groups in total. The van der Waals surface area contributed by atoms with Gasteiger partial charge in [0.05, 0.1) is 12.7 Å². The van der Waals surface area contributed by atoms with Crippen molar-refractivity contribution >= 4 is 10.8 Å². The summed E-state index contributed by atoms with van der Waals surface area (Å²) < 4.78 is 23.0. The molecule has 0 fully saturated rings. The number of ether oxygens (including phenoxy) is 2. The Morgan fingerprint density at radius 1 is 0.655 bits per heavy atom. The van der Waals surface area contributed by atoms with Crippen molar-refractivity contribution in [1.29, 1.82) is 0 Å². The molecule has 0 bridgehead atoms. The molecule has 0 spiro atoms. The highest BCUT2D eigenvalue weighted by Gasteiger charge is 2.06. The van der Waals surface area contributed by atoms with Gasteiger partial charge in [-0.2, -0.15) is 0 Å². The van der Waals surface area contributed by atoms with Crippen LogP contribution >= 0.6 is 0 Å². The maximum Gasteiger partial charge on any atom is 0.0805 e. The van der Waals surface area contributed by atoms with Crippen LogP contribution in [0.5, 0.6) is 0 Å². The molecule has 0 aliphatic heterocycles. The van der Waals surface area contributed by atoms with Gasteiger partial charge >= 0.3 is 0 Å². The predicted molar refractivity (Wildman–Crippen MR) is 129 cm³/mol. The molecular formula is C25H52O3S. The Hall–Kier alpha value is 0.0700. The number of unbranched alkanes of at least 4 members (excludes halogenated alkanes) is 13. The molecular weight excluding hydrogens is 380 g/mol. The molecule has 2 atom stereocenters. The summed E-state index contributed by atoms with van der Waals surface area (Å²) in [7, 11) is -0.561. The molecule has 2 unspecified atom stereocenters. The van der Waals surface area contributed by atoms with Crippen LogP contribution in [0.25, 0.3) is 0 Å². The van der Waals surface area contributed by atoms with Crippen molar-refractivity contribution in [2.45, 2.75) is 130 Å². The van der Waals surface area contributed by atoms with Crippen LogP contribution in [0, 0.1) is 0 Å². The SMILES string of the molecule is CCCCOC(CC)COCCCCCCCCCCCCCCCS(=O)CC. The molecule has 0 aliphatic rings. The molecule has 0 saturated carbocycles. The van der Waals surface area contributed by atoms with Gasteiger partial charge in [-0.05, 0) is 25.7 Å². The van der Waals surface area contributed by atoms with Crippen LogP contribution in [0.1, 0.15) is 124 Å². The molecule has 0 aromatic rings. The maximum atomic E-state index is 11.3. The first-order chi connectivity index (χ1) is 14.2. The van der Waals surface area contributed by atoms with E-state index in [0.29, 0.717) is 0 Å². The smallest absolute Gasteiger partial charge is 0.0805 e. The highest BCUT2D eigenvalue weighted by Crippen LogP contribution is 2.13. The Morgan fingerprint density at radius 2 is 1.17 bits per heavy atom. The summed E-state index contributed by atoms with van der Waals surface area (Å²) in [5, 5.41) is 0. The van der Waals surface area contributed by atoms with E-state index in [1.54, 1.807) is 0 Å². The van der Waals surface area contributed by atoms with Gasteiger partial charge in [-0.1, -0.05) is 97.8 Å². The third-order valence-electron chi connectivity index (χ3n) is 5.59. The molecule has 4 heteroatoms. The molecule has 3 nitrogen and oxygen atoms in total. The van der Waals surface area contributed by atoms with Crippen molar-refractivity contribution in [2.24, 2.45) is 0 Å². The highest BCUT2D eigenvalue weighted by atomic mass is 32.2. The minimum Gasteiger partial charge on any atom is -0.379 e. The van der Waals surface area contributed by atoms with Crippen LogP contribution in [0.4, 0.5) is 0 Å². The number of hydrogen-bond acceptors (Lipinski definition) is 3. The standard InChI is InChI=1S/C25H52O3S/c1-4-7-22-28-25(5-2)24-27-21-19-17-15-13-11-9-8-10-12-14-16-18-20-23-29(26)6-3/h25H,4-24H2,1-3H3. The van der Waals surface area contributed by atoms with Crippen molar-refractivity contribution in [3.63, 3.8) is 0 Å². The summed E-state index contributed by atoms with van der Waals surface area (Å²) in [5.41, 5.74) is 0. The molecule has 0 rings (SSSR count). The van der Waals surface area contributed by atoms with Gasteiger partial charge in [-0.3, -0.25) is 4.21 Å². The first-order valence-corrected chi connectivity index (χ1v) is 14.3. The van der Waals surface area contributed by atoms with Gasteiger partial charge < -0.3 is 9.47 Å². The van der Waals surface area contributed by atoms with E-state index in [2.05, 4.69) is 13.8 Å². The van der Waals surface area contributed by atoms with Gasteiger partial charge in [-0.25, -0.2) is 0 Å². The topological polar surface area (TPSA) is 35.5 Å². The Morgan fingerprint density at radius 3 is 1.66 bits per heavy atom. The molecule has 0 aromatic carbocycles. The first-order valence-electron chi connectivity index (χ1n) is 12.8. The van der Waals surface area contributed by atoms with Crippen molar-refractivity contribution in [3.05, 3.63) is 0 Å². The minimum atomic E-state index is -0.561. The molecule has 0 saturated heterocycles. The fraction of sp³-hybridized carbons (Fsp3) is 1.00. The van der Waals surface area contributed by atoms with E-state index >= 15 is 0 Å². The maximum absolute atomic E-state index is 11.3. The summed E-state index contributed by atoms with van der Waals surface area (Å²) in [4.78, 5) is 0. The van der Waals surface area contributed by atoms with Gasteiger partial charge in [0.15, 0.2) is 0 Å². The van der Waals surface area contributed by atoms with E-state index in [1.807, 2.05) is 6.92 Å².